The lowest BCUT2D eigenvalue weighted by Gasteiger charge is -2.07. The summed E-state index contributed by atoms with van der Waals surface area (Å²) >= 11 is 0. The molecule has 0 spiro atoms. The number of carbonyl (C=O) groups excluding carboxylic acids is 1. The maximum absolute atomic E-state index is 11.0. The van der Waals surface area contributed by atoms with Crippen LogP contribution in [0.2, 0.25) is 0 Å². The van der Waals surface area contributed by atoms with Gasteiger partial charge in [-0.25, -0.2) is 0 Å². The van der Waals surface area contributed by atoms with Gasteiger partial charge in [-0.1, -0.05) is 6.92 Å². The summed E-state index contributed by atoms with van der Waals surface area (Å²) < 4.78 is 5.70. The van der Waals surface area contributed by atoms with E-state index in [2.05, 4.69) is 6.92 Å². The van der Waals surface area contributed by atoms with E-state index in [1.807, 2.05) is 12.1 Å². The van der Waals surface area contributed by atoms with Gasteiger partial charge in [0.05, 0.1) is 5.92 Å². The zero-order valence-corrected chi connectivity index (χ0v) is 9.48. The first kappa shape index (κ1) is 11.2. The van der Waals surface area contributed by atoms with E-state index in [0.29, 0.717) is 12.3 Å². The Morgan fingerprint density at radius 1 is 1.62 bits per heavy atom. The van der Waals surface area contributed by atoms with Gasteiger partial charge in [0.15, 0.2) is 0 Å². The molecule has 1 amide bonds. The molecule has 0 aliphatic heterocycles. The summed E-state index contributed by atoms with van der Waals surface area (Å²) in [6.45, 7) is 2.48. The molecule has 1 aliphatic rings. The highest BCUT2D eigenvalue weighted by Crippen LogP contribution is 2.47. The largest absolute Gasteiger partial charge is 0.466 e. The number of primary amides is 1. The molecule has 1 aromatic rings. The van der Waals surface area contributed by atoms with Crippen LogP contribution >= 0.6 is 0 Å². The van der Waals surface area contributed by atoms with Gasteiger partial charge in [-0.2, -0.15) is 0 Å². The standard InChI is InChI=1S/C12H18N2O2/c1-7-4-10(7)11-3-2-9(16-11)5-8(6-13)12(14)15/h2-3,7-8,10H,4-6,13H2,1H3,(H2,14,15). The maximum Gasteiger partial charge on any atom is 0.222 e. The Bertz CT molecular complexity index is 386. The van der Waals surface area contributed by atoms with Crippen molar-refractivity contribution in [3.63, 3.8) is 0 Å². The normalized spacial score (nSPS) is 25.4. The lowest BCUT2D eigenvalue weighted by Crippen LogP contribution is -2.31. The van der Waals surface area contributed by atoms with Crippen LogP contribution in [-0.2, 0) is 11.2 Å². The van der Waals surface area contributed by atoms with Gasteiger partial charge in [-0.3, -0.25) is 4.79 Å². The van der Waals surface area contributed by atoms with E-state index in [1.54, 1.807) is 0 Å². The van der Waals surface area contributed by atoms with Crippen molar-refractivity contribution < 1.29 is 9.21 Å². The van der Waals surface area contributed by atoms with Crippen molar-refractivity contribution in [1.82, 2.24) is 0 Å². The van der Waals surface area contributed by atoms with Crippen molar-refractivity contribution in [3.05, 3.63) is 23.7 Å². The van der Waals surface area contributed by atoms with Crippen molar-refractivity contribution in [2.45, 2.75) is 25.7 Å². The lowest BCUT2D eigenvalue weighted by atomic mass is 10.0. The molecule has 0 bridgehead atoms. The number of nitrogens with two attached hydrogens (primary N) is 2. The maximum atomic E-state index is 11.0. The van der Waals surface area contributed by atoms with Gasteiger partial charge >= 0.3 is 0 Å². The number of hydrogen-bond acceptors (Lipinski definition) is 3. The molecule has 0 saturated heterocycles. The summed E-state index contributed by atoms with van der Waals surface area (Å²) in [5, 5.41) is 0. The van der Waals surface area contributed by atoms with Crippen LogP contribution in [0.15, 0.2) is 16.5 Å². The second-order valence-corrected chi connectivity index (χ2v) is 4.66. The van der Waals surface area contributed by atoms with Crippen LogP contribution in [0.25, 0.3) is 0 Å². The number of amides is 1. The minimum absolute atomic E-state index is 0.269. The molecule has 0 radical (unpaired) electrons. The minimum atomic E-state index is -0.361. The fourth-order valence-electron chi connectivity index (χ4n) is 1.96. The first-order valence-electron chi connectivity index (χ1n) is 5.69. The van der Waals surface area contributed by atoms with Crippen molar-refractivity contribution >= 4 is 5.91 Å². The van der Waals surface area contributed by atoms with Crippen molar-refractivity contribution in [2.75, 3.05) is 6.54 Å². The lowest BCUT2D eigenvalue weighted by molar-refractivity contribution is -0.121. The monoisotopic (exact) mass is 222 g/mol. The molecule has 88 valence electrons. The van der Waals surface area contributed by atoms with Crippen molar-refractivity contribution in [3.8, 4) is 0 Å². The van der Waals surface area contributed by atoms with E-state index in [1.165, 1.54) is 6.42 Å². The number of rotatable bonds is 5. The summed E-state index contributed by atoms with van der Waals surface area (Å²) in [6, 6.07) is 3.92. The topological polar surface area (TPSA) is 82.2 Å². The summed E-state index contributed by atoms with van der Waals surface area (Å²) in [4.78, 5) is 11.0. The van der Waals surface area contributed by atoms with E-state index >= 15 is 0 Å². The molecule has 3 atom stereocenters. The molecule has 1 aromatic heterocycles. The van der Waals surface area contributed by atoms with Crippen molar-refractivity contribution in [1.29, 1.82) is 0 Å². The number of carbonyl (C=O) groups is 1. The molecule has 1 fully saturated rings. The predicted octanol–water partition coefficient (Wildman–Crippen LogP) is 1.01. The predicted molar refractivity (Wildman–Crippen MR) is 60.7 cm³/mol. The second kappa shape index (κ2) is 4.29. The molecule has 2 rings (SSSR count). The molecule has 4 N–H and O–H groups in total. The van der Waals surface area contributed by atoms with E-state index in [-0.39, 0.29) is 18.4 Å². The van der Waals surface area contributed by atoms with E-state index < -0.39 is 0 Å². The highest BCUT2D eigenvalue weighted by molar-refractivity contribution is 5.77. The molecule has 16 heavy (non-hydrogen) atoms. The van der Waals surface area contributed by atoms with Crippen LogP contribution in [-0.4, -0.2) is 12.5 Å². The molecule has 1 heterocycles. The molecule has 4 nitrogen and oxygen atoms in total. The van der Waals surface area contributed by atoms with Gasteiger partial charge in [0.1, 0.15) is 11.5 Å². The van der Waals surface area contributed by atoms with Crippen molar-refractivity contribution in [2.24, 2.45) is 23.3 Å². The fraction of sp³-hybridized carbons (Fsp3) is 0.583. The first-order chi connectivity index (χ1) is 7.61. The van der Waals surface area contributed by atoms with Gasteiger partial charge in [0, 0.05) is 18.9 Å². The van der Waals surface area contributed by atoms with Crippen LogP contribution < -0.4 is 11.5 Å². The zero-order valence-electron chi connectivity index (χ0n) is 9.48. The summed E-state index contributed by atoms with van der Waals surface area (Å²) in [5.41, 5.74) is 10.7. The fourth-order valence-corrected chi connectivity index (χ4v) is 1.96. The third kappa shape index (κ3) is 2.27. The van der Waals surface area contributed by atoms with Gasteiger partial charge in [-0.05, 0) is 24.5 Å². The number of furan rings is 1. The van der Waals surface area contributed by atoms with Gasteiger partial charge < -0.3 is 15.9 Å². The number of hydrogen-bond donors (Lipinski definition) is 2. The Hall–Kier alpha value is -1.29. The highest BCUT2D eigenvalue weighted by Gasteiger charge is 2.36. The Balaban J connectivity index is 1.99. The third-order valence-electron chi connectivity index (χ3n) is 3.29. The Kier molecular flexibility index (Phi) is 3.01. The highest BCUT2D eigenvalue weighted by atomic mass is 16.3. The minimum Gasteiger partial charge on any atom is -0.466 e. The molecular weight excluding hydrogens is 204 g/mol. The first-order valence-corrected chi connectivity index (χ1v) is 5.69. The van der Waals surface area contributed by atoms with E-state index in [0.717, 1.165) is 17.4 Å². The smallest absolute Gasteiger partial charge is 0.222 e. The van der Waals surface area contributed by atoms with Crippen LogP contribution in [0.5, 0.6) is 0 Å². The van der Waals surface area contributed by atoms with Crippen LogP contribution in [0.3, 0.4) is 0 Å². The zero-order chi connectivity index (χ0) is 11.7. The summed E-state index contributed by atoms with van der Waals surface area (Å²) in [6.07, 6.45) is 1.70. The Morgan fingerprint density at radius 3 is 2.81 bits per heavy atom. The average molecular weight is 222 g/mol. The van der Waals surface area contributed by atoms with Gasteiger partial charge in [0.2, 0.25) is 5.91 Å². The molecule has 1 aliphatic carbocycles. The summed E-state index contributed by atoms with van der Waals surface area (Å²) in [7, 11) is 0. The quantitative estimate of drug-likeness (QED) is 0.779. The summed E-state index contributed by atoms with van der Waals surface area (Å²) in [5.74, 6) is 2.45. The molecule has 4 heteroatoms. The van der Waals surface area contributed by atoms with Crippen LogP contribution in [0.4, 0.5) is 0 Å². The van der Waals surface area contributed by atoms with Crippen LogP contribution in [0.1, 0.15) is 30.8 Å². The SMILES string of the molecule is CC1CC1c1ccc(CC(CN)C(N)=O)o1. The average Bonchev–Trinajstić information content (AvgIpc) is 2.79. The second-order valence-electron chi connectivity index (χ2n) is 4.66. The Labute approximate surface area is 95.0 Å². The molecule has 1 saturated carbocycles. The Morgan fingerprint density at radius 2 is 2.31 bits per heavy atom. The molecule has 0 aromatic carbocycles. The van der Waals surface area contributed by atoms with Gasteiger partial charge in [-0.15, -0.1) is 0 Å². The van der Waals surface area contributed by atoms with Gasteiger partial charge in [0.25, 0.3) is 0 Å². The third-order valence-corrected chi connectivity index (χ3v) is 3.29. The molecule has 3 unspecified atom stereocenters. The van der Waals surface area contributed by atoms with Crippen LogP contribution in [0, 0.1) is 11.8 Å². The van der Waals surface area contributed by atoms with E-state index in [9.17, 15) is 4.79 Å². The van der Waals surface area contributed by atoms with E-state index in [4.69, 9.17) is 15.9 Å². The molecular formula is C12H18N2O2.